The van der Waals surface area contributed by atoms with Crippen LogP contribution in [0.4, 0.5) is 0 Å². The van der Waals surface area contributed by atoms with E-state index in [9.17, 15) is 4.79 Å². The van der Waals surface area contributed by atoms with E-state index in [0.717, 1.165) is 5.56 Å². The number of halogens is 2. The van der Waals surface area contributed by atoms with E-state index in [2.05, 4.69) is 16.2 Å². The van der Waals surface area contributed by atoms with E-state index in [1.54, 1.807) is 24.3 Å². The molecule has 2 rings (SSSR count). The molecule has 0 heterocycles. The van der Waals surface area contributed by atoms with Gasteiger partial charge in [0, 0.05) is 15.6 Å². The predicted molar refractivity (Wildman–Crippen MR) is 97.7 cm³/mol. The first kappa shape index (κ1) is 17.5. The second-order valence-corrected chi connectivity index (χ2v) is 6.12. The number of nitrogens with one attached hydrogen (secondary N) is 3. The Kier molecular flexibility index (Phi) is 6.21. The Morgan fingerprint density at radius 2 is 1.74 bits per heavy atom. The standard InChI is InChI=1S/C16H15Cl2N3OS/c1-10(11-5-7-13(17)8-6-11)19-16(23)21-20-15(22)12-3-2-4-14(18)9-12/h2-10H,1H3,(H,20,22)(H2,19,21,23). The second-order valence-electron chi connectivity index (χ2n) is 4.84. The first-order valence-corrected chi connectivity index (χ1v) is 8.00. The van der Waals surface area contributed by atoms with E-state index in [1.807, 2.05) is 31.2 Å². The molecule has 2 aromatic rings. The molecule has 0 aliphatic heterocycles. The monoisotopic (exact) mass is 367 g/mol. The van der Waals surface area contributed by atoms with Crippen molar-refractivity contribution in [3.05, 3.63) is 69.7 Å². The molecule has 1 amide bonds. The summed E-state index contributed by atoms with van der Waals surface area (Å²) >= 11 is 16.9. The molecule has 23 heavy (non-hydrogen) atoms. The topological polar surface area (TPSA) is 53.2 Å². The maximum absolute atomic E-state index is 12.0. The van der Waals surface area contributed by atoms with Gasteiger partial charge in [-0.25, -0.2) is 0 Å². The molecule has 0 fully saturated rings. The lowest BCUT2D eigenvalue weighted by Crippen LogP contribution is -2.47. The maximum Gasteiger partial charge on any atom is 0.269 e. The van der Waals surface area contributed by atoms with Gasteiger partial charge < -0.3 is 5.32 Å². The lowest BCUT2D eigenvalue weighted by molar-refractivity contribution is 0.0943. The average Bonchev–Trinajstić information content (AvgIpc) is 2.53. The van der Waals surface area contributed by atoms with Crippen LogP contribution in [-0.4, -0.2) is 11.0 Å². The minimum atomic E-state index is -0.323. The van der Waals surface area contributed by atoms with Gasteiger partial charge in [-0.15, -0.1) is 0 Å². The largest absolute Gasteiger partial charge is 0.355 e. The number of rotatable bonds is 3. The van der Waals surface area contributed by atoms with Crippen molar-refractivity contribution < 1.29 is 4.79 Å². The van der Waals surface area contributed by atoms with E-state index in [0.29, 0.717) is 20.7 Å². The van der Waals surface area contributed by atoms with Gasteiger partial charge >= 0.3 is 0 Å². The van der Waals surface area contributed by atoms with Crippen LogP contribution in [0.3, 0.4) is 0 Å². The quantitative estimate of drug-likeness (QED) is 0.569. The number of amides is 1. The summed E-state index contributed by atoms with van der Waals surface area (Å²) in [5, 5.41) is 4.55. The van der Waals surface area contributed by atoms with Gasteiger partial charge in [0.05, 0.1) is 6.04 Å². The number of hydrogen-bond donors (Lipinski definition) is 3. The van der Waals surface area contributed by atoms with Crippen molar-refractivity contribution in [3.63, 3.8) is 0 Å². The zero-order valence-corrected chi connectivity index (χ0v) is 14.6. The van der Waals surface area contributed by atoms with Crippen molar-refractivity contribution >= 4 is 46.4 Å². The number of benzene rings is 2. The fraction of sp³-hybridized carbons (Fsp3) is 0.125. The molecule has 4 nitrogen and oxygen atoms in total. The highest BCUT2D eigenvalue weighted by Gasteiger charge is 2.09. The molecule has 2 aromatic carbocycles. The van der Waals surface area contributed by atoms with Crippen LogP contribution < -0.4 is 16.2 Å². The van der Waals surface area contributed by atoms with Gasteiger partial charge in [0.25, 0.3) is 5.91 Å². The summed E-state index contributed by atoms with van der Waals surface area (Å²) in [6, 6.07) is 14.1. The molecule has 0 aromatic heterocycles. The molecule has 0 bridgehead atoms. The molecule has 1 atom stereocenters. The minimum Gasteiger partial charge on any atom is -0.355 e. The summed E-state index contributed by atoms with van der Waals surface area (Å²) in [5.41, 5.74) is 6.65. The highest BCUT2D eigenvalue weighted by atomic mass is 35.5. The van der Waals surface area contributed by atoms with Gasteiger partial charge in [-0.2, -0.15) is 0 Å². The summed E-state index contributed by atoms with van der Waals surface area (Å²) < 4.78 is 0. The molecule has 0 aliphatic carbocycles. The molecular formula is C16H15Cl2N3OS. The third-order valence-electron chi connectivity index (χ3n) is 3.09. The smallest absolute Gasteiger partial charge is 0.269 e. The molecule has 0 radical (unpaired) electrons. The number of carbonyl (C=O) groups excluding carboxylic acids is 1. The average molecular weight is 368 g/mol. The Bertz CT molecular complexity index is 707. The van der Waals surface area contributed by atoms with Crippen molar-refractivity contribution in [1.29, 1.82) is 0 Å². The molecule has 3 N–H and O–H groups in total. The Morgan fingerprint density at radius 3 is 2.39 bits per heavy atom. The van der Waals surface area contributed by atoms with Gasteiger partial charge in [-0.1, -0.05) is 41.4 Å². The Balaban J connectivity index is 1.85. The fourth-order valence-electron chi connectivity index (χ4n) is 1.88. The first-order valence-electron chi connectivity index (χ1n) is 6.83. The molecule has 120 valence electrons. The normalized spacial score (nSPS) is 11.4. The molecule has 1 unspecified atom stereocenters. The Hall–Kier alpha value is -1.82. The van der Waals surface area contributed by atoms with E-state index in [-0.39, 0.29) is 11.9 Å². The van der Waals surface area contributed by atoms with Crippen LogP contribution in [0.1, 0.15) is 28.9 Å². The third kappa shape index (κ3) is 5.39. The number of hydrazine groups is 1. The number of hydrogen-bond acceptors (Lipinski definition) is 2. The molecule has 0 saturated carbocycles. The predicted octanol–water partition coefficient (Wildman–Crippen LogP) is 3.86. The van der Waals surface area contributed by atoms with Crippen LogP contribution in [0.2, 0.25) is 10.0 Å². The summed E-state index contributed by atoms with van der Waals surface area (Å²) in [6.45, 7) is 1.95. The summed E-state index contributed by atoms with van der Waals surface area (Å²) in [7, 11) is 0. The van der Waals surface area contributed by atoms with E-state index < -0.39 is 0 Å². The van der Waals surface area contributed by atoms with E-state index in [4.69, 9.17) is 35.4 Å². The molecule has 7 heteroatoms. The summed E-state index contributed by atoms with van der Waals surface area (Å²) in [4.78, 5) is 12.0. The zero-order valence-electron chi connectivity index (χ0n) is 12.3. The van der Waals surface area contributed by atoms with Crippen LogP contribution in [0.5, 0.6) is 0 Å². The highest BCUT2D eigenvalue weighted by Crippen LogP contribution is 2.15. The summed E-state index contributed by atoms with van der Waals surface area (Å²) in [6.07, 6.45) is 0. The SMILES string of the molecule is CC(NC(=S)NNC(=O)c1cccc(Cl)c1)c1ccc(Cl)cc1. The van der Waals surface area contributed by atoms with Crippen molar-refractivity contribution in [2.75, 3.05) is 0 Å². The van der Waals surface area contributed by atoms with Gasteiger partial charge in [0.2, 0.25) is 0 Å². The first-order chi connectivity index (χ1) is 11.0. The molecule has 0 spiro atoms. The van der Waals surface area contributed by atoms with E-state index in [1.165, 1.54) is 0 Å². The molecule has 0 aliphatic rings. The van der Waals surface area contributed by atoms with Crippen molar-refractivity contribution in [2.45, 2.75) is 13.0 Å². The molecule has 0 saturated heterocycles. The minimum absolute atomic E-state index is 0.0321. The lowest BCUT2D eigenvalue weighted by atomic mass is 10.1. The van der Waals surface area contributed by atoms with Crippen LogP contribution in [-0.2, 0) is 0 Å². The number of thiocarbonyl (C=S) groups is 1. The van der Waals surface area contributed by atoms with Crippen molar-refractivity contribution in [3.8, 4) is 0 Å². The van der Waals surface area contributed by atoms with Crippen molar-refractivity contribution in [1.82, 2.24) is 16.2 Å². The van der Waals surface area contributed by atoms with Crippen LogP contribution in [0, 0.1) is 0 Å². The highest BCUT2D eigenvalue weighted by molar-refractivity contribution is 7.80. The Labute approximate surface area is 150 Å². The van der Waals surface area contributed by atoms with Gasteiger partial charge in [-0.3, -0.25) is 15.6 Å². The maximum atomic E-state index is 12.0. The summed E-state index contributed by atoms with van der Waals surface area (Å²) in [5.74, 6) is -0.323. The van der Waals surface area contributed by atoms with Crippen LogP contribution in [0.25, 0.3) is 0 Å². The third-order valence-corrected chi connectivity index (χ3v) is 3.80. The zero-order chi connectivity index (χ0) is 16.8. The number of carbonyl (C=O) groups is 1. The van der Waals surface area contributed by atoms with Crippen LogP contribution in [0.15, 0.2) is 48.5 Å². The second kappa shape index (κ2) is 8.15. The Morgan fingerprint density at radius 1 is 1.04 bits per heavy atom. The van der Waals surface area contributed by atoms with Crippen molar-refractivity contribution in [2.24, 2.45) is 0 Å². The van der Waals surface area contributed by atoms with E-state index >= 15 is 0 Å². The van der Waals surface area contributed by atoms with Gasteiger partial charge in [0.1, 0.15) is 0 Å². The van der Waals surface area contributed by atoms with Crippen LogP contribution >= 0.6 is 35.4 Å². The lowest BCUT2D eigenvalue weighted by Gasteiger charge is -2.17. The van der Waals surface area contributed by atoms with Gasteiger partial charge in [-0.05, 0) is 55.0 Å². The van der Waals surface area contributed by atoms with Gasteiger partial charge in [0.15, 0.2) is 5.11 Å². The fourth-order valence-corrected chi connectivity index (χ4v) is 2.43. The molecular weight excluding hydrogens is 353 g/mol.